The van der Waals surface area contributed by atoms with Crippen molar-refractivity contribution < 1.29 is 0 Å². The Kier molecular flexibility index (Phi) is 11.1. The van der Waals surface area contributed by atoms with Crippen molar-refractivity contribution in [1.82, 2.24) is 0 Å². The van der Waals surface area contributed by atoms with Crippen LogP contribution in [-0.2, 0) is 0 Å². The largest absolute Gasteiger partial charge is 0.0909 e. The molecule has 0 bridgehead atoms. The van der Waals surface area contributed by atoms with Crippen molar-refractivity contribution in [3.05, 3.63) is 90.1 Å². The molecular formula is C26H36. The maximum atomic E-state index is 4.26. The smallest absolute Gasteiger partial charge is 0.0130 e. The molecule has 0 spiro atoms. The molecule has 26 heavy (non-hydrogen) atoms. The van der Waals surface area contributed by atoms with Gasteiger partial charge in [-0.15, -0.1) is 0 Å². The Morgan fingerprint density at radius 2 is 1.88 bits per heavy atom. The molecule has 0 N–H and O–H groups in total. The standard InChI is InChI=1S/C19H22.C7H14/c1-3-18(15-14-17-10-6-4-7-11-17)16(2)19-12-8-5-9-13-19;1-4-5-6-7(2)3/h4-6,8-10,12-13,15H,2-3,7,11,14H2,1H3;5-7H,4H2,1-3H3/b18-15-;. The van der Waals surface area contributed by atoms with E-state index in [1.54, 1.807) is 0 Å². The lowest BCUT2D eigenvalue weighted by Gasteiger charge is -2.11. The van der Waals surface area contributed by atoms with E-state index in [2.05, 4.69) is 95.0 Å². The van der Waals surface area contributed by atoms with Gasteiger partial charge >= 0.3 is 0 Å². The second-order valence-electron chi connectivity index (χ2n) is 7.00. The molecule has 0 unspecified atom stereocenters. The molecule has 1 aromatic rings. The van der Waals surface area contributed by atoms with E-state index >= 15 is 0 Å². The minimum atomic E-state index is 0.722. The maximum Gasteiger partial charge on any atom is -0.0130 e. The van der Waals surface area contributed by atoms with Gasteiger partial charge in [0.1, 0.15) is 0 Å². The van der Waals surface area contributed by atoms with Crippen LogP contribution in [0, 0.1) is 5.92 Å². The third kappa shape index (κ3) is 8.85. The normalized spacial score (nSPS) is 14.2. The van der Waals surface area contributed by atoms with Gasteiger partial charge in [-0.2, -0.15) is 0 Å². The van der Waals surface area contributed by atoms with Crippen molar-refractivity contribution in [3.63, 3.8) is 0 Å². The summed E-state index contributed by atoms with van der Waals surface area (Å²) in [7, 11) is 0. The number of hydrogen-bond acceptors (Lipinski definition) is 0. The molecule has 1 aliphatic rings. The average Bonchev–Trinajstić information content (AvgIpc) is 2.68. The Morgan fingerprint density at radius 1 is 1.15 bits per heavy atom. The van der Waals surface area contributed by atoms with Gasteiger partial charge in [0.05, 0.1) is 0 Å². The monoisotopic (exact) mass is 348 g/mol. The summed E-state index contributed by atoms with van der Waals surface area (Å²) < 4.78 is 0. The molecule has 0 fully saturated rings. The summed E-state index contributed by atoms with van der Waals surface area (Å²) in [6.45, 7) is 13.0. The molecule has 0 saturated heterocycles. The van der Waals surface area contributed by atoms with E-state index in [1.165, 1.54) is 29.6 Å². The topological polar surface area (TPSA) is 0 Å². The lowest BCUT2D eigenvalue weighted by Crippen LogP contribution is -1.90. The van der Waals surface area contributed by atoms with E-state index in [-0.39, 0.29) is 0 Å². The fraction of sp³-hybridized carbons (Fsp3) is 0.385. The highest BCUT2D eigenvalue weighted by Crippen LogP contribution is 2.25. The van der Waals surface area contributed by atoms with Crippen LogP contribution in [0.2, 0.25) is 0 Å². The second kappa shape index (κ2) is 13.2. The summed E-state index contributed by atoms with van der Waals surface area (Å²) in [5.41, 5.74) is 5.28. The van der Waals surface area contributed by atoms with Gasteiger partial charge in [0.2, 0.25) is 0 Å². The molecule has 2 rings (SSSR count). The van der Waals surface area contributed by atoms with Crippen molar-refractivity contribution >= 4 is 5.57 Å². The van der Waals surface area contributed by atoms with E-state index in [4.69, 9.17) is 0 Å². The van der Waals surface area contributed by atoms with Crippen LogP contribution >= 0.6 is 0 Å². The molecule has 0 heteroatoms. The molecule has 1 aliphatic carbocycles. The summed E-state index contributed by atoms with van der Waals surface area (Å²) in [4.78, 5) is 0. The van der Waals surface area contributed by atoms with Gasteiger partial charge in [-0.1, -0.05) is 107 Å². The highest BCUT2D eigenvalue weighted by Gasteiger charge is 2.04. The van der Waals surface area contributed by atoms with Crippen LogP contribution in [0.25, 0.3) is 5.57 Å². The first-order valence-electron chi connectivity index (χ1n) is 10.0. The molecule has 140 valence electrons. The van der Waals surface area contributed by atoms with Crippen molar-refractivity contribution in [2.45, 2.75) is 59.8 Å². The first-order valence-corrected chi connectivity index (χ1v) is 10.0. The van der Waals surface area contributed by atoms with Crippen LogP contribution in [0.3, 0.4) is 0 Å². The Morgan fingerprint density at radius 3 is 2.38 bits per heavy atom. The average molecular weight is 349 g/mol. The molecule has 0 aliphatic heterocycles. The maximum absolute atomic E-state index is 4.26. The van der Waals surface area contributed by atoms with E-state index in [9.17, 15) is 0 Å². The molecular weight excluding hydrogens is 312 g/mol. The molecule has 0 radical (unpaired) electrons. The third-order valence-corrected chi connectivity index (χ3v) is 4.36. The zero-order chi connectivity index (χ0) is 19.2. The number of hydrogen-bond donors (Lipinski definition) is 0. The molecule has 0 saturated carbocycles. The number of rotatable bonds is 7. The van der Waals surface area contributed by atoms with Gasteiger partial charge in [-0.3, -0.25) is 0 Å². The van der Waals surface area contributed by atoms with E-state index in [1.807, 2.05) is 6.07 Å². The molecule has 0 atom stereocenters. The summed E-state index contributed by atoms with van der Waals surface area (Å²) in [5, 5.41) is 0. The summed E-state index contributed by atoms with van der Waals surface area (Å²) in [6.07, 6.45) is 19.1. The lowest BCUT2D eigenvalue weighted by molar-refractivity contribution is 0.826. The molecule has 0 aromatic heterocycles. The van der Waals surface area contributed by atoms with Crippen molar-refractivity contribution in [1.29, 1.82) is 0 Å². The van der Waals surface area contributed by atoms with Crippen LogP contribution in [0.4, 0.5) is 0 Å². The van der Waals surface area contributed by atoms with Crippen LogP contribution in [-0.4, -0.2) is 0 Å². The van der Waals surface area contributed by atoms with Gasteiger partial charge in [0.15, 0.2) is 0 Å². The Balaban J connectivity index is 0.000000412. The highest BCUT2D eigenvalue weighted by atomic mass is 14.1. The highest BCUT2D eigenvalue weighted by molar-refractivity contribution is 5.77. The molecule has 0 heterocycles. The summed E-state index contributed by atoms with van der Waals surface area (Å²) in [6, 6.07) is 10.5. The first kappa shape index (κ1) is 22.0. The number of allylic oxidation sites excluding steroid dienone is 9. The Bertz CT molecular complexity index is 636. The van der Waals surface area contributed by atoms with E-state index < -0.39 is 0 Å². The molecule has 0 nitrogen and oxygen atoms in total. The van der Waals surface area contributed by atoms with Crippen molar-refractivity contribution in [2.24, 2.45) is 5.92 Å². The fourth-order valence-corrected chi connectivity index (χ4v) is 2.79. The third-order valence-electron chi connectivity index (χ3n) is 4.36. The SMILES string of the molecule is C=C(/C(=C\CC1=CC=CCC1)CC)c1ccccc1.CCC=CC(C)C. The van der Waals surface area contributed by atoms with Gasteiger partial charge < -0.3 is 0 Å². The van der Waals surface area contributed by atoms with Crippen LogP contribution in [0.5, 0.6) is 0 Å². The molecule has 0 amide bonds. The summed E-state index contributed by atoms with van der Waals surface area (Å²) >= 11 is 0. The first-order chi connectivity index (χ1) is 12.6. The van der Waals surface area contributed by atoms with Crippen LogP contribution in [0.15, 0.2) is 84.5 Å². The Hall–Kier alpha value is -2.08. The number of benzene rings is 1. The fourth-order valence-electron chi connectivity index (χ4n) is 2.79. The lowest BCUT2D eigenvalue weighted by atomic mass is 9.94. The van der Waals surface area contributed by atoms with Gasteiger partial charge in [0, 0.05) is 0 Å². The second-order valence-corrected chi connectivity index (χ2v) is 7.00. The van der Waals surface area contributed by atoms with Crippen LogP contribution in [0.1, 0.15) is 65.4 Å². The summed E-state index contributed by atoms with van der Waals surface area (Å²) in [5.74, 6) is 0.722. The van der Waals surface area contributed by atoms with Crippen molar-refractivity contribution in [2.75, 3.05) is 0 Å². The predicted molar refractivity (Wildman–Crippen MR) is 119 cm³/mol. The predicted octanol–water partition coefficient (Wildman–Crippen LogP) is 8.31. The minimum absolute atomic E-state index is 0.722. The van der Waals surface area contributed by atoms with Gasteiger partial charge in [0.25, 0.3) is 0 Å². The van der Waals surface area contributed by atoms with Gasteiger partial charge in [-0.05, 0) is 54.7 Å². The quantitative estimate of drug-likeness (QED) is 0.343. The zero-order valence-corrected chi connectivity index (χ0v) is 17.2. The van der Waals surface area contributed by atoms with E-state index in [0.717, 1.165) is 30.8 Å². The van der Waals surface area contributed by atoms with E-state index in [0.29, 0.717) is 0 Å². The zero-order valence-electron chi connectivity index (χ0n) is 17.2. The van der Waals surface area contributed by atoms with Crippen LogP contribution < -0.4 is 0 Å². The Labute approximate surface area is 161 Å². The molecule has 1 aromatic carbocycles. The van der Waals surface area contributed by atoms with Gasteiger partial charge in [-0.25, -0.2) is 0 Å². The minimum Gasteiger partial charge on any atom is -0.0909 e. The van der Waals surface area contributed by atoms with Crippen molar-refractivity contribution in [3.8, 4) is 0 Å².